The lowest BCUT2D eigenvalue weighted by Crippen LogP contribution is -2.16. The maximum Gasteiger partial charge on any atom is 0.279 e. The molecule has 8 nitrogen and oxygen atoms in total. The molecule has 3 heterocycles. The van der Waals surface area contributed by atoms with Crippen molar-refractivity contribution in [2.45, 2.75) is 5.03 Å². The molecule has 30 heavy (non-hydrogen) atoms. The van der Waals surface area contributed by atoms with Crippen LogP contribution in [0.3, 0.4) is 0 Å². The van der Waals surface area contributed by atoms with Crippen LogP contribution in [0.5, 0.6) is 0 Å². The smallest absolute Gasteiger partial charge is 0.279 e. The number of rotatable bonds is 7. The summed E-state index contributed by atoms with van der Waals surface area (Å²) in [6.07, 6.45) is 7.50. The number of pyridine rings is 2. The van der Waals surface area contributed by atoms with Crippen molar-refractivity contribution in [3.8, 4) is 11.1 Å². The molecule has 10 heteroatoms. The van der Waals surface area contributed by atoms with Gasteiger partial charge in [-0.05, 0) is 35.9 Å². The quantitative estimate of drug-likeness (QED) is 0.298. The van der Waals surface area contributed by atoms with E-state index < -0.39 is 10.0 Å². The van der Waals surface area contributed by atoms with Crippen LogP contribution in [0.2, 0.25) is 0 Å². The molecule has 0 radical (unpaired) electrons. The number of anilines is 2. The van der Waals surface area contributed by atoms with Gasteiger partial charge in [0.25, 0.3) is 10.0 Å². The highest BCUT2D eigenvalue weighted by molar-refractivity contribution is 7.99. The van der Waals surface area contributed by atoms with E-state index >= 15 is 0 Å². The summed E-state index contributed by atoms with van der Waals surface area (Å²) < 4.78 is 33.2. The van der Waals surface area contributed by atoms with Gasteiger partial charge in [0, 0.05) is 36.1 Å². The van der Waals surface area contributed by atoms with Crippen molar-refractivity contribution >= 4 is 45.2 Å². The Labute approximate surface area is 178 Å². The summed E-state index contributed by atoms with van der Waals surface area (Å²) >= 11 is 1.50. The maximum absolute atomic E-state index is 13.0. The number of fused-ring (bicyclic) bond motifs is 1. The fourth-order valence-corrected chi connectivity index (χ4v) is 4.52. The number of aromatic nitrogens is 3. The first-order valence-corrected chi connectivity index (χ1v) is 11.6. The topological polar surface area (TPSA) is 112 Å². The summed E-state index contributed by atoms with van der Waals surface area (Å²) in [5.41, 5.74) is 3.53. The van der Waals surface area contributed by atoms with Gasteiger partial charge in [-0.1, -0.05) is 30.1 Å². The lowest BCUT2D eigenvalue weighted by molar-refractivity contribution is 0.596. The number of imidazole rings is 1. The largest absolute Gasteiger partial charge is 0.330 e. The Hall–Kier alpha value is -3.37. The Balaban J connectivity index is 1.71. The minimum absolute atomic E-state index is 0.00641. The van der Waals surface area contributed by atoms with Crippen molar-refractivity contribution in [1.29, 1.82) is 5.41 Å². The van der Waals surface area contributed by atoms with Gasteiger partial charge in [0.05, 0.1) is 11.9 Å². The standard InChI is InChI=1S/C20H18N6O2S2/c1-29-24-16-7-5-14(6-8-16)15-10-17(18(11-21)22-12-15)25-30(27,28)20-13-23-19-4-2-3-9-26(19)20/h2-13,21,24-25H,1H3. The zero-order valence-corrected chi connectivity index (χ0v) is 17.5. The molecule has 0 saturated carbocycles. The van der Waals surface area contributed by atoms with Gasteiger partial charge in [0.2, 0.25) is 0 Å². The van der Waals surface area contributed by atoms with Gasteiger partial charge in [0.1, 0.15) is 11.3 Å². The maximum atomic E-state index is 13.0. The predicted molar refractivity (Wildman–Crippen MR) is 121 cm³/mol. The van der Waals surface area contributed by atoms with E-state index in [4.69, 9.17) is 5.41 Å². The highest BCUT2D eigenvalue weighted by Gasteiger charge is 2.21. The lowest BCUT2D eigenvalue weighted by atomic mass is 10.1. The molecule has 0 aliphatic carbocycles. The molecule has 4 aromatic rings. The van der Waals surface area contributed by atoms with Crippen LogP contribution in [0.4, 0.5) is 11.4 Å². The van der Waals surface area contributed by atoms with E-state index in [1.54, 1.807) is 36.7 Å². The van der Waals surface area contributed by atoms with Crippen molar-refractivity contribution in [2.24, 2.45) is 0 Å². The number of hydrogen-bond acceptors (Lipinski definition) is 7. The predicted octanol–water partition coefficient (Wildman–Crippen LogP) is 3.88. The molecule has 0 bridgehead atoms. The van der Waals surface area contributed by atoms with Gasteiger partial charge in [0.15, 0.2) is 5.03 Å². The van der Waals surface area contributed by atoms with Crippen molar-refractivity contribution in [1.82, 2.24) is 14.4 Å². The Kier molecular flexibility index (Phi) is 5.42. The average molecular weight is 439 g/mol. The molecule has 152 valence electrons. The van der Waals surface area contributed by atoms with Crippen LogP contribution in [0, 0.1) is 5.41 Å². The molecular weight excluding hydrogens is 420 g/mol. The fourth-order valence-electron chi connectivity index (χ4n) is 2.98. The third kappa shape index (κ3) is 3.87. The molecule has 0 atom stereocenters. The van der Waals surface area contributed by atoms with Crippen LogP contribution in [-0.4, -0.2) is 35.3 Å². The summed E-state index contributed by atoms with van der Waals surface area (Å²) in [5, 5.41) is 7.60. The van der Waals surface area contributed by atoms with Crippen LogP contribution in [0.15, 0.2) is 72.1 Å². The van der Waals surface area contributed by atoms with Crippen molar-refractivity contribution in [3.63, 3.8) is 0 Å². The number of nitrogens with one attached hydrogen (secondary N) is 3. The lowest BCUT2D eigenvalue weighted by Gasteiger charge is -2.12. The van der Waals surface area contributed by atoms with Gasteiger partial charge in [-0.25, -0.2) is 4.98 Å². The zero-order valence-electron chi connectivity index (χ0n) is 15.9. The molecule has 3 N–H and O–H groups in total. The molecule has 0 spiro atoms. The third-order valence-electron chi connectivity index (χ3n) is 4.40. The molecule has 0 fully saturated rings. The van der Waals surface area contributed by atoms with Crippen molar-refractivity contribution in [3.05, 3.63) is 72.8 Å². The molecule has 3 aromatic heterocycles. The zero-order chi connectivity index (χ0) is 21.1. The monoisotopic (exact) mass is 438 g/mol. The second kappa shape index (κ2) is 8.17. The van der Waals surface area contributed by atoms with Crippen LogP contribution >= 0.6 is 11.9 Å². The summed E-state index contributed by atoms with van der Waals surface area (Å²) in [6.45, 7) is 0. The van der Waals surface area contributed by atoms with Crippen LogP contribution in [0.1, 0.15) is 5.69 Å². The van der Waals surface area contributed by atoms with E-state index in [1.807, 2.05) is 30.5 Å². The van der Waals surface area contributed by atoms with Gasteiger partial charge >= 0.3 is 0 Å². The first-order chi connectivity index (χ1) is 14.5. The molecule has 4 rings (SSSR count). The summed E-state index contributed by atoms with van der Waals surface area (Å²) in [4.78, 5) is 8.38. The fraction of sp³-hybridized carbons (Fsp3) is 0.0500. The highest BCUT2D eigenvalue weighted by Crippen LogP contribution is 2.27. The van der Waals surface area contributed by atoms with Gasteiger partial charge in [-0.3, -0.25) is 14.1 Å². The minimum Gasteiger partial charge on any atom is -0.330 e. The molecule has 0 unspecified atom stereocenters. The Morgan fingerprint density at radius 1 is 1.07 bits per heavy atom. The first kappa shape index (κ1) is 19.9. The first-order valence-electron chi connectivity index (χ1n) is 8.87. The van der Waals surface area contributed by atoms with Gasteiger partial charge < -0.3 is 10.1 Å². The second-order valence-electron chi connectivity index (χ2n) is 6.32. The van der Waals surface area contributed by atoms with Gasteiger partial charge in [-0.15, -0.1) is 0 Å². The van der Waals surface area contributed by atoms with Crippen molar-refractivity contribution in [2.75, 3.05) is 15.7 Å². The minimum atomic E-state index is -3.95. The molecule has 0 aliphatic rings. The number of nitrogens with zero attached hydrogens (tertiary/aromatic N) is 3. The summed E-state index contributed by atoms with van der Waals surface area (Å²) in [5.74, 6) is 0. The van der Waals surface area contributed by atoms with Crippen LogP contribution in [-0.2, 0) is 10.0 Å². The highest BCUT2D eigenvalue weighted by atomic mass is 32.2. The second-order valence-corrected chi connectivity index (χ2v) is 8.56. The molecular formula is C20H18N6O2S2. The number of sulfonamides is 1. The molecule has 0 aliphatic heterocycles. The normalized spacial score (nSPS) is 11.4. The third-order valence-corrected chi connectivity index (χ3v) is 6.18. The van der Waals surface area contributed by atoms with E-state index in [2.05, 4.69) is 19.4 Å². The Morgan fingerprint density at radius 2 is 1.87 bits per heavy atom. The number of hydrogen-bond donors (Lipinski definition) is 3. The van der Waals surface area contributed by atoms with Crippen LogP contribution in [0.25, 0.3) is 16.8 Å². The van der Waals surface area contributed by atoms with Gasteiger partial charge in [-0.2, -0.15) is 8.42 Å². The molecule has 0 saturated heterocycles. The van der Waals surface area contributed by atoms with E-state index in [-0.39, 0.29) is 16.4 Å². The molecule has 1 aromatic carbocycles. The summed E-state index contributed by atoms with van der Waals surface area (Å²) in [7, 11) is -3.95. The van der Waals surface area contributed by atoms with E-state index in [0.717, 1.165) is 23.0 Å². The Morgan fingerprint density at radius 3 is 2.60 bits per heavy atom. The van der Waals surface area contributed by atoms with E-state index in [0.29, 0.717) is 5.65 Å². The SMILES string of the molecule is CSNc1ccc(-c2cnc(C=N)c(NS(=O)(=O)c3cnc4ccccn34)c2)cc1. The van der Waals surface area contributed by atoms with E-state index in [9.17, 15) is 8.42 Å². The summed E-state index contributed by atoms with van der Waals surface area (Å²) in [6, 6.07) is 14.6. The average Bonchev–Trinajstić information content (AvgIpc) is 3.19. The Bertz CT molecular complexity index is 1320. The molecule has 0 amide bonds. The van der Waals surface area contributed by atoms with Crippen LogP contribution < -0.4 is 9.44 Å². The number of benzene rings is 1. The van der Waals surface area contributed by atoms with E-state index in [1.165, 1.54) is 22.5 Å². The van der Waals surface area contributed by atoms with Crippen molar-refractivity contribution < 1.29 is 8.42 Å².